The minimum atomic E-state index is -3.62. The second-order valence-electron chi connectivity index (χ2n) is 9.47. The highest BCUT2D eigenvalue weighted by molar-refractivity contribution is 7.89. The number of rotatable bonds is 5. The molecule has 2 fully saturated rings. The highest BCUT2D eigenvalue weighted by atomic mass is 32.2. The van der Waals surface area contributed by atoms with Crippen molar-refractivity contribution in [2.45, 2.75) is 57.0 Å². The zero-order chi connectivity index (χ0) is 23.5. The third-order valence-electron chi connectivity index (χ3n) is 6.11. The molecule has 0 aromatic heterocycles. The Balaban J connectivity index is 1.54. The first-order chi connectivity index (χ1) is 15.0. The number of esters is 1. The SMILES string of the molecule is C[C@H](OC(=O)C1CCN(S(=O)(=O)c2ccc(C(C)(C)C)cc2)CC1)C(=O)N1CCOCC1. The molecular formula is C23H34N2O6S. The molecule has 1 amide bonds. The Morgan fingerprint density at radius 3 is 2.12 bits per heavy atom. The number of nitrogens with zero attached hydrogens (tertiary/aromatic N) is 2. The van der Waals surface area contributed by atoms with Crippen LogP contribution in [0.2, 0.25) is 0 Å². The van der Waals surface area contributed by atoms with Crippen molar-refractivity contribution in [3.8, 4) is 0 Å². The summed E-state index contributed by atoms with van der Waals surface area (Å²) in [5, 5.41) is 0. The van der Waals surface area contributed by atoms with Crippen molar-refractivity contribution < 1.29 is 27.5 Å². The lowest BCUT2D eigenvalue weighted by atomic mass is 9.87. The third kappa shape index (κ3) is 5.68. The maximum Gasteiger partial charge on any atom is 0.309 e. The Hall–Kier alpha value is -1.97. The van der Waals surface area contributed by atoms with E-state index >= 15 is 0 Å². The number of hydrogen-bond acceptors (Lipinski definition) is 6. The minimum Gasteiger partial charge on any atom is -0.452 e. The van der Waals surface area contributed by atoms with Crippen LogP contribution in [0.5, 0.6) is 0 Å². The summed E-state index contributed by atoms with van der Waals surface area (Å²) in [5.41, 5.74) is 1.01. The standard InChI is InChI=1S/C23H34N2O6S/c1-17(21(26)24-13-15-30-16-14-24)31-22(27)18-9-11-25(12-10-18)32(28,29)20-7-5-19(6-8-20)23(2,3)4/h5-8,17-18H,9-16H2,1-4H3/t17-/m0/s1. The van der Waals surface area contributed by atoms with Crippen molar-refractivity contribution in [2.75, 3.05) is 39.4 Å². The molecule has 1 aromatic rings. The maximum absolute atomic E-state index is 13.0. The normalized spacial score (nSPS) is 20.1. The van der Waals surface area contributed by atoms with E-state index < -0.39 is 28.0 Å². The average molecular weight is 467 g/mol. The van der Waals surface area contributed by atoms with E-state index in [0.29, 0.717) is 39.1 Å². The maximum atomic E-state index is 13.0. The molecule has 0 spiro atoms. The van der Waals surface area contributed by atoms with Gasteiger partial charge in [0.2, 0.25) is 10.0 Å². The minimum absolute atomic E-state index is 0.0543. The molecule has 8 nitrogen and oxygen atoms in total. The number of sulfonamides is 1. The first-order valence-corrected chi connectivity index (χ1v) is 12.6. The molecule has 0 bridgehead atoms. The molecule has 1 atom stereocenters. The van der Waals surface area contributed by atoms with Crippen molar-refractivity contribution in [1.29, 1.82) is 0 Å². The Morgan fingerprint density at radius 2 is 1.59 bits per heavy atom. The summed E-state index contributed by atoms with van der Waals surface area (Å²) in [6, 6.07) is 7.00. The van der Waals surface area contributed by atoms with E-state index in [2.05, 4.69) is 20.8 Å². The van der Waals surface area contributed by atoms with Gasteiger partial charge < -0.3 is 14.4 Å². The van der Waals surface area contributed by atoms with Gasteiger partial charge in [0, 0.05) is 26.2 Å². The van der Waals surface area contributed by atoms with Crippen LogP contribution in [0.1, 0.15) is 46.1 Å². The topological polar surface area (TPSA) is 93.2 Å². The van der Waals surface area contributed by atoms with Crippen molar-refractivity contribution in [3.05, 3.63) is 29.8 Å². The first kappa shape index (κ1) is 24.7. The van der Waals surface area contributed by atoms with E-state index in [1.165, 1.54) is 4.31 Å². The third-order valence-corrected chi connectivity index (χ3v) is 8.02. The largest absolute Gasteiger partial charge is 0.452 e. The predicted molar refractivity (Wildman–Crippen MR) is 120 cm³/mol. The molecule has 0 unspecified atom stereocenters. The number of amides is 1. The van der Waals surface area contributed by atoms with Gasteiger partial charge in [-0.15, -0.1) is 0 Å². The van der Waals surface area contributed by atoms with E-state index in [9.17, 15) is 18.0 Å². The summed E-state index contributed by atoms with van der Waals surface area (Å²) < 4.78 is 38.1. The molecule has 2 heterocycles. The Kier molecular flexibility index (Phi) is 7.62. The number of ether oxygens (including phenoxy) is 2. The number of piperidine rings is 1. The lowest BCUT2D eigenvalue weighted by Crippen LogP contribution is -2.47. The van der Waals surface area contributed by atoms with E-state index in [1.807, 2.05) is 12.1 Å². The van der Waals surface area contributed by atoms with Crippen molar-refractivity contribution in [3.63, 3.8) is 0 Å². The fourth-order valence-corrected chi connectivity index (χ4v) is 5.44. The average Bonchev–Trinajstić information content (AvgIpc) is 2.78. The fraction of sp³-hybridized carbons (Fsp3) is 0.652. The number of benzene rings is 1. The molecule has 0 N–H and O–H groups in total. The molecule has 178 valence electrons. The molecule has 2 saturated heterocycles. The molecule has 2 aliphatic rings. The molecule has 1 aromatic carbocycles. The van der Waals surface area contributed by atoms with Gasteiger partial charge in [0.1, 0.15) is 0 Å². The number of carbonyl (C=O) groups is 2. The van der Waals surface area contributed by atoms with Crippen LogP contribution in [0.25, 0.3) is 0 Å². The lowest BCUT2D eigenvalue weighted by molar-refractivity contribution is -0.164. The van der Waals surface area contributed by atoms with Crippen LogP contribution in [-0.2, 0) is 34.5 Å². The Bertz CT molecular complexity index is 909. The van der Waals surface area contributed by atoms with E-state index in [1.54, 1.807) is 24.0 Å². The van der Waals surface area contributed by atoms with Crippen LogP contribution in [0.3, 0.4) is 0 Å². The Labute approximate surface area is 190 Å². The first-order valence-electron chi connectivity index (χ1n) is 11.2. The monoisotopic (exact) mass is 466 g/mol. The highest BCUT2D eigenvalue weighted by Crippen LogP contribution is 2.27. The van der Waals surface area contributed by atoms with Gasteiger partial charge in [-0.2, -0.15) is 4.31 Å². The molecule has 3 rings (SSSR count). The molecule has 0 radical (unpaired) electrons. The van der Waals surface area contributed by atoms with Gasteiger partial charge in [0.05, 0.1) is 24.0 Å². The summed E-state index contributed by atoms with van der Waals surface area (Å²) >= 11 is 0. The number of hydrogen-bond donors (Lipinski definition) is 0. The van der Waals surface area contributed by atoms with Crippen molar-refractivity contribution in [1.82, 2.24) is 9.21 Å². The second-order valence-corrected chi connectivity index (χ2v) is 11.4. The quantitative estimate of drug-likeness (QED) is 0.618. The van der Waals surface area contributed by atoms with Gasteiger partial charge in [-0.3, -0.25) is 9.59 Å². The molecular weight excluding hydrogens is 432 g/mol. The van der Waals surface area contributed by atoms with Gasteiger partial charge >= 0.3 is 5.97 Å². The fourth-order valence-electron chi connectivity index (χ4n) is 3.97. The Morgan fingerprint density at radius 1 is 1.03 bits per heavy atom. The highest BCUT2D eigenvalue weighted by Gasteiger charge is 2.34. The second kappa shape index (κ2) is 9.89. The van der Waals surface area contributed by atoms with Crippen LogP contribution in [-0.4, -0.2) is 75.0 Å². The van der Waals surface area contributed by atoms with Crippen molar-refractivity contribution >= 4 is 21.9 Å². The summed E-state index contributed by atoms with van der Waals surface area (Å²) in [6.07, 6.45) is -0.114. The summed E-state index contributed by atoms with van der Waals surface area (Å²) in [5.74, 6) is -1.07. The number of morpholine rings is 1. The molecule has 9 heteroatoms. The number of carbonyl (C=O) groups excluding carboxylic acids is 2. The van der Waals surface area contributed by atoms with Crippen LogP contribution >= 0.6 is 0 Å². The zero-order valence-electron chi connectivity index (χ0n) is 19.4. The summed E-state index contributed by atoms with van der Waals surface area (Å²) in [4.78, 5) is 26.9. The molecule has 32 heavy (non-hydrogen) atoms. The summed E-state index contributed by atoms with van der Waals surface area (Å²) in [6.45, 7) is 10.3. The smallest absolute Gasteiger partial charge is 0.309 e. The lowest BCUT2D eigenvalue weighted by Gasteiger charge is -2.32. The predicted octanol–water partition coefficient (Wildman–Crippen LogP) is 2.18. The van der Waals surface area contributed by atoms with Gasteiger partial charge in [-0.25, -0.2) is 8.42 Å². The zero-order valence-corrected chi connectivity index (χ0v) is 20.2. The van der Waals surface area contributed by atoms with Crippen LogP contribution in [0, 0.1) is 5.92 Å². The molecule has 0 aliphatic carbocycles. The van der Waals surface area contributed by atoms with E-state index in [4.69, 9.17) is 9.47 Å². The van der Waals surface area contributed by atoms with Crippen molar-refractivity contribution in [2.24, 2.45) is 5.92 Å². The van der Waals surface area contributed by atoms with Gasteiger partial charge in [0.25, 0.3) is 5.91 Å². The molecule has 0 saturated carbocycles. The van der Waals surface area contributed by atoms with Crippen LogP contribution in [0.15, 0.2) is 29.2 Å². The summed E-state index contributed by atoms with van der Waals surface area (Å²) in [7, 11) is -3.62. The van der Waals surface area contributed by atoms with E-state index in [-0.39, 0.29) is 29.3 Å². The van der Waals surface area contributed by atoms with Gasteiger partial charge in [-0.05, 0) is 42.9 Å². The van der Waals surface area contributed by atoms with E-state index in [0.717, 1.165) is 5.56 Å². The van der Waals surface area contributed by atoms with Gasteiger partial charge in [-0.1, -0.05) is 32.9 Å². The molecule has 2 aliphatic heterocycles. The van der Waals surface area contributed by atoms with Crippen LogP contribution in [0.4, 0.5) is 0 Å². The van der Waals surface area contributed by atoms with Gasteiger partial charge in [0.15, 0.2) is 6.10 Å². The van der Waals surface area contributed by atoms with Crippen LogP contribution < -0.4 is 0 Å².